The summed E-state index contributed by atoms with van der Waals surface area (Å²) >= 11 is 0. The molecule has 2 rings (SSSR count). The molecule has 0 saturated heterocycles. The second-order valence-electron chi connectivity index (χ2n) is 4.99. The van der Waals surface area contributed by atoms with Gasteiger partial charge in [-0.1, -0.05) is 36.2 Å². The Morgan fingerprint density at radius 3 is 2.39 bits per heavy atom. The molecule has 0 atom stereocenters. The van der Waals surface area contributed by atoms with E-state index in [1.165, 1.54) is 22.4 Å². The van der Waals surface area contributed by atoms with E-state index in [4.69, 9.17) is 0 Å². The van der Waals surface area contributed by atoms with E-state index < -0.39 is 0 Å². The SMILES string of the molecule is CCCN(Cc1cc(C)cc(C)c1)c1cc[nH]c1. The lowest BCUT2D eigenvalue weighted by atomic mass is 10.1. The lowest BCUT2D eigenvalue weighted by Crippen LogP contribution is -2.23. The molecule has 0 unspecified atom stereocenters. The summed E-state index contributed by atoms with van der Waals surface area (Å²) in [5.74, 6) is 0. The molecule has 0 saturated carbocycles. The Bertz CT molecular complexity index is 466. The van der Waals surface area contributed by atoms with E-state index in [9.17, 15) is 0 Å². The van der Waals surface area contributed by atoms with Gasteiger partial charge in [-0.15, -0.1) is 0 Å². The molecule has 0 bridgehead atoms. The molecule has 2 nitrogen and oxygen atoms in total. The summed E-state index contributed by atoms with van der Waals surface area (Å²) in [4.78, 5) is 5.56. The number of hydrogen-bond donors (Lipinski definition) is 1. The van der Waals surface area contributed by atoms with E-state index in [2.05, 4.69) is 61.1 Å². The van der Waals surface area contributed by atoms with E-state index in [1.54, 1.807) is 0 Å². The standard InChI is InChI=1S/C16H22N2/c1-4-7-18(16-5-6-17-11-16)12-15-9-13(2)8-14(3)10-15/h5-6,8-11,17H,4,7,12H2,1-3H3. The highest BCUT2D eigenvalue weighted by atomic mass is 15.1. The van der Waals surface area contributed by atoms with Crippen molar-refractivity contribution in [2.24, 2.45) is 0 Å². The lowest BCUT2D eigenvalue weighted by Gasteiger charge is -2.23. The highest BCUT2D eigenvalue weighted by Gasteiger charge is 2.07. The predicted molar refractivity (Wildman–Crippen MR) is 78.0 cm³/mol. The van der Waals surface area contributed by atoms with E-state index in [-0.39, 0.29) is 0 Å². The molecule has 18 heavy (non-hydrogen) atoms. The second-order valence-corrected chi connectivity index (χ2v) is 4.99. The Balaban J connectivity index is 2.18. The smallest absolute Gasteiger partial charge is 0.0546 e. The predicted octanol–water partition coefficient (Wildman–Crippen LogP) is 4.05. The Labute approximate surface area is 110 Å². The molecular weight excluding hydrogens is 220 g/mol. The maximum atomic E-state index is 3.14. The fourth-order valence-electron chi connectivity index (χ4n) is 2.46. The summed E-state index contributed by atoms with van der Waals surface area (Å²) in [5, 5.41) is 0. The molecule has 0 amide bonds. The summed E-state index contributed by atoms with van der Waals surface area (Å²) in [6.45, 7) is 8.62. The zero-order valence-corrected chi connectivity index (χ0v) is 11.5. The number of benzene rings is 1. The van der Waals surface area contributed by atoms with Gasteiger partial charge >= 0.3 is 0 Å². The Kier molecular flexibility index (Phi) is 4.08. The number of rotatable bonds is 5. The maximum absolute atomic E-state index is 3.14. The van der Waals surface area contributed by atoms with Crippen LogP contribution < -0.4 is 4.90 Å². The number of aryl methyl sites for hydroxylation is 2. The molecule has 0 fully saturated rings. The van der Waals surface area contributed by atoms with Crippen LogP contribution in [-0.4, -0.2) is 11.5 Å². The highest BCUT2D eigenvalue weighted by Crippen LogP contribution is 2.18. The number of nitrogens with zero attached hydrogens (tertiary/aromatic N) is 1. The normalized spacial score (nSPS) is 10.6. The van der Waals surface area contributed by atoms with Gasteiger partial charge in [-0.3, -0.25) is 0 Å². The first-order chi connectivity index (χ1) is 8.69. The number of aromatic amines is 1. The lowest BCUT2D eigenvalue weighted by molar-refractivity contribution is 0.767. The van der Waals surface area contributed by atoms with Crippen molar-refractivity contribution >= 4 is 5.69 Å². The van der Waals surface area contributed by atoms with E-state index in [0.717, 1.165) is 19.5 Å². The van der Waals surface area contributed by atoms with Crippen LogP contribution in [0.4, 0.5) is 5.69 Å². The summed E-state index contributed by atoms with van der Waals surface area (Å²) < 4.78 is 0. The van der Waals surface area contributed by atoms with Gasteiger partial charge in [0.1, 0.15) is 0 Å². The number of hydrogen-bond acceptors (Lipinski definition) is 1. The summed E-state index contributed by atoms with van der Waals surface area (Å²) in [6.07, 6.45) is 5.22. The van der Waals surface area contributed by atoms with Gasteiger partial charge in [0, 0.05) is 25.5 Å². The summed E-state index contributed by atoms with van der Waals surface area (Å²) in [6, 6.07) is 8.92. The molecule has 0 aliphatic rings. The molecule has 1 N–H and O–H groups in total. The molecule has 2 heteroatoms. The van der Waals surface area contributed by atoms with Gasteiger partial charge in [0.2, 0.25) is 0 Å². The zero-order valence-electron chi connectivity index (χ0n) is 11.5. The molecule has 2 aromatic rings. The van der Waals surface area contributed by atoms with Crippen molar-refractivity contribution in [2.45, 2.75) is 33.7 Å². The first-order valence-electron chi connectivity index (χ1n) is 6.64. The molecule has 0 aliphatic carbocycles. The van der Waals surface area contributed by atoms with Crippen LogP contribution in [0, 0.1) is 13.8 Å². The third-order valence-corrected chi connectivity index (χ3v) is 3.10. The third-order valence-electron chi connectivity index (χ3n) is 3.10. The van der Waals surface area contributed by atoms with Gasteiger partial charge in [0.25, 0.3) is 0 Å². The van der Waals surface area contributed by atoms with Crippen LogP contribution in [0.1, 0.15) is 30.0 Å². The first-order valence-corrected chi connectivity index (χ1v) is 6.64. The van der Waals surface area contributed by atoms with E-state index in [1.807, 2.05) is 6.20 Å². The molecule has 1 aromatic carbocycles. The quantitative estimate of drug-likeness (QED) is 0.838. The monoisotopic (exact) mass is 242 g/mol. The van der Waals surface area contributed by atoms with Crippen LogP contribution in [0.5, 0.6) is 0 Å². The number of H-pyrrole nitrogens is 1. The van der Waals surface area contributed by atoms with Crippen molar-refractivity contribution in [3.05, 3.63) is 53.3 Å². The summed E-state index contributed by atoms with van der Waals surface area (Å²) in [5.41, 5.74) is 5.35. The number of aromatic nitrogens is 1. The van der Waals surface area contributed by atoms with Crippen LogP contribution in [0.2, 0.25) is 0 Å². The van der Waals surface area contributed by atoms with Crippen LogP contribution in [0.3, 0.4) is 0 Å². The first kappa shape index (κ1) is 12.7. The topological polar surface area (TPSA) is 19.0 Å². The Morgan fingerprint density at radius 1 is 1.11 bits per heavy atom. The van der Waals surface area contributed by atoms with E-state index >= 15 is 0 Å². The second kappa shape index (κ2) is 5.76. The fraction of sp³-hybridized carbons (Fsp3) is 0.375. The van der Waals surface area contributed by atoms with Crippen LogP contribution >= 0.6 is 0 Å². The van der Waals surface area contributed by atoms with Crippen molar-refractivity contribution in [3.8, 4) is 0 Å². The van der Waals surface area contributed by atoms with E-state index in [0.29, 0.717) is 0 Å². The van der Waals surface area contributed by atoms with Crippen molar-refractivity contribution in [3.63, 3.8) is 0 Å². The van der Waals surface area contributed by atoms with Crippen molar-refractivity contribution in [1.29, 1.82) is 0 Å². The minimum Gasteiger partial charge on any atom is -0.366 e. The van der Waals surface area contributed by atoms with Crippen molar-refractivity contribution in [2.75, 3.05) is 11.4 Å². The largest absolute Gasteiger partial charge is 0.366 e. The fourth-order valence-corrected chi connectivity index (χ4v) is 2.46. The van der Waals surface area contributed by atoms with Crippen molar-refractivity contribution in [1.82, 2.24) is 4.98 Å². The van der Waals surface area contributed by atoms with Gasteiger partial charge in [-0.05, 0) is 31.9 Å². The van der Waals surface area contributed by atoms with Gasteiger partial charge in [-0.25, -0.2) is 0 Å². The minimum atomic E-state index is 0.980. The average molecular weight is 242 g/mol. The Morgan fingerprint density at radius 2 is 1.83 bits per heavy atom. The van der Waals surface area contributed by atoms with Gasteiger partial charge in [0.15, 0.2) is 0 Å². The Hall–Kier alpha value is -1.70. The van der Waals surface area contributed by atoms with Crippen LogP contribution in [0.15, 0.2) is 36.7 Å². The molecule has 96 valence electrons. The number of nitrogens with one attached hydrogen (secondary N) is 1. The van der Waals surface area contributed by atoms with Crippen LogP contribution in [-0.2, 0) is 6.54 Å². The molecule has 0 aliphatic heterocycles. The molecule has 0 radical (unpaired) electrons. The molecule has 1 heterocycles. The van der Waals surface area contributed by atoms with Crippen molar-refractivity contribution < 1.29 is 0 Å². The van der Waals surface area contributed by atoms with Gasteiger partial charge < -0.3 is 9.88 Å². The van der Waals surface area contributed by atoms with Crippen LogP contribution in [0.25, 0.3) is 0 Å². The van der Waals surface area contributed by atoms with Gasteiger partial charge in [-0.2, -0.15) is 0 Å². The molecule has 1 aromatic heterocycles. The minimum absolute atomic E-state index is 0.980. The highest BCUT2D eigenvalue weighted by molar-refractivity contribution is 5.45. The molecule has 0 spiro atoms. The average Bonchev–Trinajstić information content (AvgIpc) is 2.80. The molecular formula is C16H22N2. The zero-order chi connectivity index (χ0) is 13.0. The summed E-state index contributed by atoms with van der Waals surface area (Å²) in [7, 11) is 0. The van der Waals surface area contributed by atoms with Gasteiger partial charge in [0.05, 0.1) is 5.69 Å². The number of anilines is 1. The maximum Gasteiger partial charge on any atom is 0.0546 e. The third kappa shape index (κ3) is 3.16.